The van der Waals surface area contributed by atoms with Crippen molar-refractivity contribution in [1.82, 2.24) is 51.1 Å². The maximum Gasteiger partial charge on any atom is 0.272 e. The monoisotopic (exact) mass is 1450 g/mol. The first-order chi connectivity index (χ1) is 48.5. The molecule has 0 radical (unpaired) electrons. The summed E-state index contributed by atoms with van der Waals surface area (Å²) in [7, 11) is 1.89. The van der Waals surface area contributed by atoms with Crippen molar-refractivity contribution in [1.29, 1.82) is 0 Å². The first-order valence-electron chi connectivity index (χ1n) is 32.3. The minimum atomic E-state index is -0.691. The SMILES string of the molecule is Cc1cc(-c2[nH]c3cc(NC(=O)[C@H](N)C4Cc5ccccc5C4)cc4c3c2C=NNC4=O)on1.Cc1cc(-c2[nH]c3cc(NC(=O)[C@H](N)CCc4ccccc4)cc4c3c2C=NNC4=O)on1.Cl.Cl.Cl.Cn1cnc(-c2[nH]c3cc(NC(=O)[C@H](N)CCc4ccccc4)cc4c3c2C=NNC4=O)c1. The molecule has 6 aromatic heterocycles. The molecular weight excluding hydrogens is 1380 g/mol. The van der Waals surface area contributed by atoms with Gasteiger partial charge in [0.2, 0.25) is 17.7 Å². The summed E-state index contributed by atoms with van der Waals surface area (Å²) in [4.78, 5) is 90.9. The first kappa shape index (κ1) is 72.4. The number of nitrogens with two attached hydrogens (primary N) is 3. The highest BCUT2D eigenvalue weighted by molar-refractivity contribution is 6.21. The predicted molar refractivity (Wildman–Crippen MR) is 401 cm³/mol. The lowest BCUT2D eigenvalue weighted by Crippen LogP contribution is -2.42. The Morgan fingerprint density at radius 2 is 0.903 bits per heavy atom. The number of nitrogens with one attached hydrogen (secondary N) is 9. The summed E-state index contributed by atoms with van der Waals surface area (Å²) in [6.07, 6.45) is 12.3. The topological polar surface area (TPSA) is 407 Å². The number of fused-ring (bicyclic) bond motifs is 1. The molecule has 6 aromatic carbocycles. The molecule has 27 nitrogen and oxygen atoms in total. The van der Waals surface area contributed by atoms with Gasteiger partial charge in [0.1, 0.15) is 5.69 Å². The molecule has 103 heavy (non-hydrogen) atoms. The Balaban J connectivity index is 0.000000153. The van der Waals surface area contributed by atoms with Gasteiger partial charge in [-0.15, -0.1) is 37.2 Å². The molecule has 0 spiro atoms. The van der Waals surface area contributed by atoms with Crippen molar-refractivity contribution in [2.45, 2.75) is 70.5 Å². The van der Waals surface area contributed by atoms with Gasteiger partial charge >= 0.3 is 0 Å². The summed E-state index contributed by atoms with van der Waals surface area (Å²) in [5.41, 5.74) is 41.9. The first-order valence-corrected chi connectivity index (χ1v) is 32.3. The number of aryl methyl sites for hydroxylation is 5. The molecule has 9 heterocycles. The molecule has 4 aliphatic rings. The molecule has 3 aliphatic heterocycles. The van der Waals surface area contributed by atoms with Crippen molar-refractivity contribution in [3.8, 4) is 34.3 Å². The molecule has 1 aliphatic carbocycles. The minimum absolute atomic E-state index is 0. The lowest BCUT2D eigenvalue weighted by Gasteiger charge is -2.18. The summed E-state index contributed by atoms with van der Waals surface area (Å²) in [5, 5.41) is 30.7. The predicted octanol–water partition coefficient (Wildman–Crippen LogP) is 9.81. The third-order valence-corrected chi connectivity index (χ3v) is 17.9. The van der Waals surface area contributed by atoms with Gasteiger partial charge in [0.15, 0.2) is 11.5 Å². The molecule has 0 saturated carbocycles. The number of anilines is 3. The Bertz CT molecular complexity index is 5090. The molecule has 0 fully saturated rings. The Kier molecular flexibility index (Phi) is 21.8. The van der Waals surface area contributed by atoms with Crippen LogP contribution in [-0.4, -0.2) is 107 Å². The number of H-pyrrole nitrogens is 3. The van der Waals surface area contributed by atoms with Gasteiger partial charge in [-0.1, -0.05) is 95.2 Å². The van der Waals surface area contributed by atoms with Gasteiger partial charge in [-0.05, 0) is 117 Å². The van der Waals surface area contributed by atoms with E-state index in [9.17, 15) is 28.8 Å². The molecular formula is C73H70Cl3N19O8. The van der Waals surface area contributed by atoms with Crippen LogP contribution in [0.3, 0.4) is 0 Å². The van der Waals surface area contributed by atoms with E-state index in [0.29, 0.717) is 121 Å². The molecule has 6 amide bonds. The van der Waals surface area contributed by atoms with Crippen LogP contribution in [0.2, 0.25) is 0 Å². The second-order valence-corrected chi connectivity index (χ2v) is 25.0. The number of hydrogen-bond acceptors (Lipinski definition) is 17. The van der Waals surface area contributed by atoms with Crippen LogP contribution in [-0.2, 0) is 47.1 Å². The number of amides is 6. The largest absolute Gasteiger partial charge is 0.354 e. The van der Waals surface area contributed by atoms with E-state index in [1.165, 1.54) is 11.1 Å². The lowest BCUT2D eigenvalue weighted by atomic mass is 9.96. The van der Waals surface area contributed by atoms with E-state index in [0.717, 1.165) is 57.7 Å². The second-order valence-electron chi connectivity index (χ2n) is 25.0. The summed E-state index contributed by atoms with van der Waals surface area (Å²) in [6.45, 7) is 3.66. The van der Waals surface area contributed by atoms with Gasteiger partial charge in [0.05, 0.1) is 88.3 Å². The van der Waals surface area contributed by atoms with Crippen LogP contribution in [0.4, 0.5) is 17.1 Å². The molecule has 12 aromatic rings. The smallest absolute Gasteiger partial charge is 0.272 e. The van der Waals surface area contributed by atoms with E-state index in [4.69, 9.17) is 26.2 Å². The average molecular weight is 1450 g/mol. The quantitative estimate of drug-likeness (QED) is 0.0428. The summed E-state index contributed by atoms with van der Waals surface area (Å²) in [5.74, 6) is -0.927. The third kappa shape index (κ3) is 15.3. The molecule has 3 atom stereocenters. The van der Waals surface area contributed by atoms with Crippen LogP contribution in [0.25, 0.3) is 67.0 Å². The molecule has 526 valence electrons. The van der Waals surface area contributed by atoms with Gasteiger partial charge in [0.25, 0.3) is 17.7 Å². The van der Waals surface area contributed by atoms with E-state index < -0.39 is 18.1 Å². The fourth-order valence-electron chi connectivity index (χ4n) is 12.9. The normalized spacial score (nSPS) is 13.9. The summed E-state index contributed by atoms with van der Waals surface area (Å²) >= 11 is 0. The van der Waals surface area contributed by atoms with E-state index in [2.05, 4.69) is 89.9 Å². The Labute approximate surface area is 605 Å². The minimum Gasteiger partial charge on any atom is -0.354 e. The van der Waals surface area contributed by atoms with E-state index in [-0.39, 0.29) is 78.6 Å². The number of carbonyl (C=O) groups is 6. The van der Waals surface area contributed by atoms with Gasteiger partial charge in [0, 0.05) is 91.8 Å². The number of hydrogen-bond donors (Lipinski definition) is 12. The summed E-state index contributed by atoms with van der Waals surface area (Å²) < 4.78 is 12.7. The summed E-state index contributed by atoms with van der Waals surface area (Å²) in [6, 6.07) is 39.7. The number of carbonyl (C=O) groups excluding carboxylic acids is 6. The zero-order valence-electron chi connectivity index (χ0n) is 55.5. The highest BCUT2D eigenvalue weighted by Gasteiger charge is 2.33. The van der Waals surface area contributed by atoms with Crippen LogP contribution >= 0.6 is 37.2 Å². The second kappa shape index (κ2) is 31.0. The van der Waals surface area contributed by atoms with Gasteiger partial charge < -0.3 is 61.7 Å². The Morgan fingerprint density at radius 1 is 0.524 bits per heavy atom. The van der Waals surface area contributed by atoms with Gasteiger partial charge in [-0.3, -0.25) is 28.8 Å². The van der Waals surface area contributed by atoms with Crippen molar-refractivity contribution >= 4 is 141 Å². The van der Waals surface area contributed by atoms with Crippen molar-refractivity contribution in [2.24, 2.45) is 45.5 Å². The van der Waals surface area contributed by atoms with Crippen LogP contribution in [0.5, 0.6) is 0 Å². The number of hydrazone groups is 3. The highest BCUT2D eigenvalue weighted by Crippen LogP contribution is 2.39. The zero-order chi connectivity index (χ0) is 69.3. The number of aromatic amines is 3. The highest BCUT2D eigenvalue weighted by atomic mass is 35.5. The number of imidazole rings is 1. The average Bonchev–Trinajstić information content (AvgIpc) is 1.62. The standard InChI is InChI=1S/C25H22N6O3.C24H23N7O2.C24H22N6O3.3ClH/c1-12-6-20(34-31-12)23-18-11-27-30-24(32)17-9-16(10-19(29-23)21(17)18)28-25(33)22(26)15-7-13-4-2-3-5-14(13)8-15;1-31-12-20(26-13-31)22-17-11-27-30-23(32)16-9-15(10-19(29-22)21(16)17)28-24(33)18(25)8-7-14-5-3-2-4-6-14;1-13-9-20(33-30-13)22-17-12-26-29-23(31)16-10-15(11-19(28-22)21(16)17)27-24(32)18(25)8-7-14-5-3-2-4-6-14;;;/h2-6,9-11,15,22,29H,7-8,26H2,1H3,(H,28,33)(H,30,32);2-6,9-13,18,29H,7-8,25H2,1H3,(H,28,33)(H,30,32);2-6,9-12,18,28H,7-8,25H2,1H3,(H,27,32)(H,29,31);3*1H/t22-;2*18-;;;/m111.../s1. The Hall–Kier alpha value is -11.9. The van der Waals surface area contributed by atoms with Gasteiger partial charge in [-0.2, -0.15) is 15.3 Å². The fraction of sp³-hybridized carbons (Fsp3) is 0.178. The molecule has 0 unspecified atom stereocenters. The molecule has 16 rings (SSSR count). The molecule has 0 saturated heterocycles. The van der Waals surface area contributed by atoms with Crippen molar-refractivity contribution in [2.75, 3.05) is 16.0 Å². The zero-order valence-corrected chi connectivity index (χ0v) is 57.9. The van der Waals surface area contributed by atoms with E-state index >= 15 is 0 Å². The van der Waals surface area contributed by atoms with E-state index in [1.54, 1.807) is 73.5 Å². The van der Waals surface area contributed by atoms with Crippen LogP contribution in [0.1, 0.15) is 94.2 Å². The molecule has 30 heteroatoms. The molecule has 0 bridgehead atoms. The van der Waals surface area contributed by atoms with Gasteiger partial charge in [-0.25, -0.2) is 21.3 Å². The fourth-order valence-corrected chi connectivity index (χ4v) is 12.9. The lowest BCUT2D eigenvalue weighted by molar-refractivity contribution is -0.119. The van der Waals surface area contributed by atoms with Crippen molar-refractivity contribution < 1.29 is 37.8 Å². The number of aromatic nitrogens is 7. The van der Waals surface area contributed by atoms with Crippen LogP contribution in [0, 0.1) is 19.8 Å². The van der Waals surface area contributed by atoms with Crippen molar-refractivity contribution in [3.05, 3.63) is 213 Å². The van der Waals surface area contributed by atoms with Crippen molar-refractivity contribution in [3.63, 3.8) is 0 Å². The van der Waals surface area contributed by atoms with Crippen LogP contribution < -0.4 is 49.4 Å². The van der Waals surface area contributed by atoms with Crippen LogP contribution in [0.15, 0.2) is 170 Å². The number of rotatable bonds is 16. The Morgan fingerprint density at radius 3 is 1.28 bits per heavy atom. The number of halogens is 3. The number of nitrogens with zero attached hydrogens (tertiary/aromatic N) is 7. The van der Waals surface area contributed by atoms with E-state index in [1.807, 2.05) is 104 Å². The maximum absolute atomic E-state index is 13.1. The third-order valence-electron chi connectivity index (χ3n) is 17.9. The number of benzene rings is 6. The molecule has 15 N–H and O–H groups in total. The maximum atomic E-state index is 13.1.